The maximum Gasteiger partial charge on any atom is 0.337 e. The lowest BCUT2D eigenvalue weighted by atomic mass is 9.84. The number of allylic oxidation sites excluding steroid dienone is 1. The monoisotopic (exact) mass is 513 g/mol. The first-order valence-corrected chi connectivity index (χ1v) is 16.7. The second kappa shape index (κ2) is 12.5. The summed E-state index contributed by atoms with van der Waals surface area (Å²) in [4.78, 5) is 26.5. The molecule has 0 spiro atoms. The molecule has 1 aromatic carbocycles. The van der Waals surface area contributed by atoms with Crippen LogP contribution in [0.25, 0.3) is 0 Å². The Morgan fingerprint density at radius 3 is 2.39 bits per heavy atom. The van der Waals surface area contributed by atoms with Gasteiger partial charge in [-0.25, -0.2) is 4.79 Å². The van der Waals surface area contributed by atoms with Crippen LogP contribution in [0.3, 0.4) is 0 Å². The topological polar surface area (TPSA) is 55.8 Å². The van der Waals surface area contributed by atoms with E-state index in [0.717, 1.165) is 31.4 Å². The van der Waals surface area contributed by atoms with Gasteiger partial charge >= 0.3 is 5.97 Å². The Morgan fingerprint density at radius 2 is 1.78 bits per heavy atom. The Labute approximate surface area is 219 Å². The Balaban J connectivity index is 1.62. The zero-order valence-corrected chi connectivity index (χ0v) is 24.3. The van der Waals surface area contributed by atoms with Crippen LogP contribution < -0.4 is 0 Å². The highest BCUT2D eigenvalue weighted by Crippen LogP contribution is 2.40. The van der Waals surface area contributed by atoms with Gasteiger partial charge in [-0.3, -0.25) is 4.79 Å². The van der Waals surface area contributed by atoms with Crippen LogP contribution in [-0.2, 0) is 20.4 Å². The van der Waals surface area contributed by atoms with Crippen molar-refractivity contribution in [1.82, 2.24) is 4.90 Å². The maximum absolute atomic E-state index is 12.8. The number of esters is 1. The van der Waals surface area contributed by atoms with Gasteiger partial charge in [0.05, 0.1) is 18.7 Å². The number of hydrogen-bond donors (Lipinski definition) is 0. The highest BCUT2D eigenvalue weighted by atomic mass is 28.4. The van der Waals surface area contributed by atoms with Gasteiger partial charge in [0.25, 0.3) is 0 Å². The normalized spacial score (nSPS) is 20.8. The first kappa shape index (κ1) is 28.6. The lowest BCUT2D eigenvalue weighted by Crippen LogP contribution is -2.47. The Hall–Kier alpha value is -1.92. The van der Waals surface area contributed by atoms with Crippen molar-refractivity contribution in [2.24, 2.45) is 5.92 Å². The second-order valence-electron chi connectivity index (χ2n) is 12.1. The molecule has 2 fully saturated rings. The van der Waals surface area contributed by atoms with Crippen LogP contribution in [0.4, 0.5) is 0 Å². The molecule has 1 aliphatic heterocycles. The van der Waals surface area contributed by atoms with Gasteiger partial charge in [0.2, 0.25) is 5.91 Å². The fourth-order valence-corrected chi connectivity index (χ4v) is 6.64. The van der Waals surface area contributed by atoms with Crippen molar-refractivity contribution >= 4 is 20.2 Å². The van der Waals surface area contributed by atoms with Crippen molar-refractivity contribution in [3.8, 4) is 0 Å². The molecule has 0 N–H and O–H groups in total. The van der Waals surface area contributed by atoms with E-state index >= 15 is 0 Å². The standard InChI is InChI=1S/C30H47NO4Si/c1-30(2,3)36(5,6)35-27(24-12-8-7-9-13-24)21-22-31-26(19-20-28(31)32)14-10-11-23-15-17-25(18-16-23)29(33)34-4/h10,14-18,24,26-27H,7-9,11-13,19-22H2,1-6H3/b14-10+/t26-,27-/m0/s1. The zero-order valence-electron chi connectivity index (χ0n) is 23.3. The van der Waals surface area contributed by atoms with E-state index in [1.165, 1.54) is 39.2 Å². The Morgan fingerprint density at radius 1 is 1.11 bits per heavy atom. The van der Waals surface area contributed by atoms with Crippen molar-refractivity contribution in [2.75, 3.05) is 13.7 Å². The van der Waals surface area contributed by atoms with Crippen molar-refractivity contribution in [3.05, 3.63) is 47.5 Å². The number of carbonyl (C=O) groups is 2. The van der Waals surface area contributed by atoms with E-state index in [4.69, 9.17) is 9.16 Å². The summed E-state index contributed by atoms with van der Waals surface area (Å²) >= 11 is 0. The van der Waals surface area contributed by atoms with E-state index < -0.39 is 8.32 Å². The number of likely N-dealkylation sites (tertiary alicyclic amines) is 1. The fourth-order valence-electron chi connectivity index (χ4n) is 5.22. The van der Waals surface area contributed by atoms with E-state index in [2.05, 4.69) is 50.9 Å². The van der Waals surface area contributed by atoms with E-state index in [1.807, 2.05) is 12.1 Å². The largest absolute Gasteiger partial charge is 0.465 e. The third-order valence-corrected chi connectivity index (χ3v) is 13.0. The lowest BCUT2D eigenvalue weighted by molar-refractivity contribution is -0.128. The summed E-state index contributed by atoms with van der Waals surface area (Å²) in [6.07, 6.45) is 14.3. The summed E-state index contributed by atoms with van der Waals surface area (Å²) in [6.45, 7) is 12.4. The minimum absolute atomic E-state index is 0.159. The first-order valence-electron chi connectivity index (χ1n) is 13.8. The molecule has 200 valence electrons. The van der Waals surface area contributed by atoms with E-state index in [9.17, 15) is 9.59 Å². The van der Waals surface area contributed by atoms with Gasteiger partial charge in [0.1, 0.15) is 0 Å². The average molecular weight is 514 g/mol. The Kier molecular flexibility index (Phi) is 9.99. The number of rotatable bonds is 10. The quantitative estimate of drug-likeness (QED) is 0.193. The number of hydrogen-bond acceptors (Lipinski definition) is 4. The van der Waals surface area contributed by atoms with Crippen LogP contribution in [0, 0.1) is 5.92 Å². The van der Waals surface area contributed by atoms with Gasteiger partial charge in [0.15, 0.2) is 8.32 Å². The van der Waals surface area contributed by atoms with Crippen LogP contribution >= 0.6 is 0 Å². The van der Waals surface area contributed by atoms with Gasteiger partial charge in [-0.2, -0.15) is 0 Å². The summed E-state index contributed by atoms with van der Waals surface area (Å²) in [7, 11) is -0.488. The number of benzene rings is 1. The molecule has 1 saturated carbocycles. The number of ether oxygens (including phenoxy) is 1. The highest BCUT2D eigenvalue weighted by Gasteiger charge is 2.41. The molecule has 1 amide bonds. The van der Waals surface area contributed by atoms with Crippen molar-refractivity contribution in [1.29, 1.82) is 0 Å². The molecule has 2 atom stereocenters. The molecule has 6 heteroatoms. The maximum atomic E-state index is 12.8. The SMILES string of the molecule is COC(=O)c1ccc(C/C=C/[C@H]2CCC(=O)N2CC[C@H](O[Si](C)(C)C(C)(C)C)C2CCCCC2)cc1. The molecule has 1 saturated heterocycles. The second-order valence-corrected chi connectivity index (χ2v) is 16.9. The van der Waals surface area contributed by atoms with Gasteiger partial charge in [0, 0.05) is 19.1 Å². The lowest BCUT2D eigenvalue weighted by Gasteiger charge is -2.43. The molecule has 36 heavy (non-hydrogen) atoms. The summed E-state index contributed by atoms with van der Waals surface area (Å²) in [5, 5.41) is 0.184. The molecule has 2 aliphatic rings. The van der Waals surface area contributed by atoms with Crippen LogP contribution in [0.2, 0.25) is 18.1 Å². The third-order valence-electron chi connectivity index (χ3n) is 8.54. The average Bonchev–Trinajstić information content (AvgIpc) is 3.20. The molecule has 0 bridgehead atoms. The molecular weight excluding hydrogens is 466 g/mol. The first-order chi connectivity index (χ1) is 17.0. The van der Waals surface area contributed by atoms with Crippen LogP contribution in [0.5, 0.6) is 0 Å². The molecule has 3 rings (SSSR count). The smallest absolute Gasteiger partial charge is 0.337 e. The van der Waals surface area contributed by atoms with Crippen molar-refractivity contribution in [2.45, 2.75) is 109 Å². The molecule has 5 nitrogen and oxygen atoms in total. The number of carbonyl (C=O) groups excluding carboxylic acids is 2. The summed E-state index contributed by atoms with van der Waals surface area (Å²) in [5.41, 5.74) is 1.69. The molecule has 0 radical (unpaired) electrons. The van der Waals surface area contributed by atoms with Crippen molar-refractivity contribution in [3.63, 3.8) is 0 Å². The summed E-state index contributed by atoms with van der Waals surface area (Å²) in [5.74, 6) is 0.565. The van der Waals surface area contributed by atoms with E-state index in [0.29, 0.717) is 17.9 Å². The Bertz CT molecular complexity index is 897. The predicted octanol–water partition coefficient (Wildman–Crippen LogP) is 6.92. The van der Waals surface area contributed by atoms with Gasteiger partial charge in [-0.1, -0.05) is 64.3 Å². The number of amides is 1. The minimum Gasteiger partial charge on any atom is -0.465 e. The zero-order chi connectivity index (χ0) is 26.3. The van der Waals surface area contributed by atoms with Gasteiger partial charge < -0.3 is 14.1 Å². The minimum atomic E-state index is -1.88. The number of methoxy groups -OCH3 is 1. The fraction of sp³-hybridized carbons (Fsp3) is 0.667. The summed E-state index contributed by atoms with van der Waals surface area (Å²) < 4.78 is 11.8. The van der Waals surface area contributed by atoms with Gasteiger partial charge in [-0.05, 0) is 73.9 Å². The van der Waals surface area contributed by atoms with Crippen molar-refractivity contribution < 1.29 is 18.8 Å². The summed E-state index contributed by atoms with van der Waals surface area (Å²) in [6, 6.07) is 7.68. The predicted molar refractivity (Wildman–Crippen MR) is 149 cm³/mol. The van der Waals surface area contributed by atoms with Crippen LogP contribution in [0.15, 0.2) is 36.4 Å². The molecule has 0 aromatic heterocycles. The third kappa shape index (κ3) is 7.55. The highest BCUT2D eigenvalue weighted by molar-refractivity contribution is 6.74. The molecule has 1 heterocycles. The van der Waals surface area contributed by atoms with Gasteiger partial charge in [-0.15, -0.1) is 0 Å². The molecule has 0 unspecified atom stereocenters. The number of nitrogens with zero attached hydrogens (tertiary/aromatic N) is 1. The molecular formula is C30H47NO4Si. The molecule has 1 aromatic rings. The van der Waals surface area contributed by atoms with E-state index in [1.54, 1.807) is 12.1 Å². The van der Waals surface area contributed by atoms with E-state index in [-0.39, 0.29) is 29.1 Å². The van der Waals surface area contributed by atoms with Crippen LogP contribution in [-0.4, -0.2) is 50.9 Å². The van der Waals surface area contributed by atoms with Crippen LogP contribution in [0.1, 0.15) is 88.1 Å². The molecule has 1 aliphatic carbocycles.